The summed E-state index contributed by atoms with van der Waals surface area (Å²) in [6.45, 7) is 4.09. The van der Waals surface area contributed by atoms with Crippen molar-refractivity contribution in [3.8, 4) is 5.75 Å². The molecule has 1 amide bonds. The Bertz CT molecular complexity index is 601. The number of rotatable bonds is 4. The highest BCUT2D eigenvalue weighted by Gasteiger charge is 2.15. The van der Waals surface area contributed by atoms with Gasteiger partial charge in [0, 0.05) is 11.9 Å². The summed E-state index contributed by atoms with van der Waals surface area (Å²) in [5.41, 5.74) is 3.02. The second-order valence-corrected chi connectivity index (χ2v) is 4.48. The molecule has 1 aromatic carbocycles. The van der Waals surface area contributed by atoms with Crippen molar-refractivity contribution in [3.05, 3.63) is 53.3 Å². The minimum atomic E-state index is -0.390. The molecule has 1 heterocycles. The Morgan fingerprint density at radius 3 is 2.35 bits per heavy atom. The molecule has 0 spiro atoms. The van der Waals surface area contributed by atoms with Crippen LogP contribution in [-0.2, 0) is 12.8 Å². The summed E-state index contributed by atoms with van der Waals surface area (Å²) in [6, 6.07) is 9.02. The number of nitrogens with one attached hydrogen (secondary N) is 1. The summed E-state index contributed by atoms with van der Waals surface area (Å²) >= 11 is 0. The average Bonchev–Trinajstić information content (AvgIpc) is 2.47. The highest BCUT2D eigenvalue weighted by molar-refractivity contribution is 6.05. The zero-order chi connectivity index (χ0) is 14.5. The normalized spacial score (nSPS) is 10.3. The van der Waals surface area contributed by atoms with Gasteiger partial charge in [-0.3, -0.25) is 4.79 Å². The molecule has 0 aliphatic carbocycles. The summed E-state index contributed by atoms with van der Waals surface area (Å²) in [7, 11) is 0. The predicted octanol–water partition coefficient (Wildman–Crippen LogP) is 3.16. The molecule has 20 heavy (non-hydrogen) atoms. The molecule has 0 fully saturated rings. The monoisotopic (exact) mass is 270 g/mol. The largest absolute Gasteiger partial charge is 0.505 e. The van der Waals surface area contributed by atoms with Gasteiger partial charge < -0.3 is 10.4 Å². The number of hydrogen-bond acceptors (Lipinski definition) is 3. The maximum absolute atomic E-state index is 12.2. The molecule has 0 aliphatic rings. The zero-order valence-corrected chi connectivity index (χ0v) is 11.7. The molecule has 4 heteroatoms. The molecule has 2 N–H and O–H groups in total. The van der Waals surface area contributed by atoms with E-state index in [2.05, 4.69) is 10.3 Å². The van der Waals surface area contributed by atoms with Crippen molar-refractivity contribution in [1.82, 2.24) is 4.98 Å². The number of anilines is 1. The molecule has 0 aliphatic heterocycles. The standard InChI is InChI=1S/C16H18N2O2/c1-3-11-7-5-8-12(4-2)14(11)18-16(20)15-13(19)9-6-10-17-15/h5-10,19H,3-4H2,1-2H3,(H,18,20). The number of nitrogens with zero attached hydrogens (tertiary/aromatic N) is 1. The SMILES string of the molecule is CCc1cccc(CC)c1NC(=O)c1ncccc1O. The number of pyridine rings is 1. The molecule has 0 unspecified atom stereocenters. The van der Waals surface area contributed by atoms with Crippen molar-refractivity contribution in [3.63, 3.8) is 0 Å². The van der Waals surface area contributed by atoms with E-state index in [4.69, 9.17) is 0 Å². The number of hydrogen-bond donors (Lipinski definition) is 2. The maximum atomic E-state index is 12.2. The molecule has 104 valence electrons. The third-order valence-corrected chi connectivity index (χ3v) is 3.24. The lowest BCUT2D eigenvalue weighted by Crippen LogP contribution is -2.16. The van der Waals surface area contributed by atoms with Crippen LogP contribution in [0.3, 0.4) is 0 Å². The summed E-state index contributed by atoms with van der Waals surface area (Å²) in [5, 5.41) is 12.6. The van der Waals surface area contributed by atoms with Gasteiger partial charge in [0.25, 0.3) is 5.91 Å². The van der Waals surface area contributed by atoms with Crippen LogP contribution in [0.15, 0.2) is 36.5 Å². The lowest BCUT2D eigenvalue weighted by molar-refractivity contribution is 0.101. The highest BCUT2D eigenvalue weighted by Crippen LogP contribution is 2.24. The number of aryl methyl sites for hydroxylation is 2. The van der Waals surface area contributed by atoms with Gasteiger partial charge in [0.2, 0.25) is 0 Å². The number of carbonyl (C=O) groups is 1. The van der Waals surface area contributed by atoms with Crippen LogP contribution in [0.25, 0.3) is 0 Å². The van der Waals surface area contributed by atoms with E-state index in [1.165, 1.54) is 12.3 Å². The predicted molar refractivity (Wildman–Crippen MR) is 79.1 cm³/mol. The van der Waals surface area contributed by atoms with Gasteiger partial charge >= 0.3 is 0 Å². The first-order chi connectivity index (χ1) is 9.67. The quantitative estimate of drug-likeness (QED) is 0.897. The Labute approximate surface area is 118 Å². The lowest BCUT2D eigenvalue weighted by atomic mass is 10.0. The Hall–Kier alpha value is -2.36. The van der Waals surface area contributed by atoms with E-state index in [0.29, 0.717) is 0 Å². The van der Waals surface area contributed by atoms with Crippen LogP contribution < -0.4 is 5.32 Å². The minimum absolute atomic E-state index is 0.0421. The summed E-state index contributed by atoms with van der Waals surface area (Å²) in [4.78, 5) is 16.2. The van der Waals surface area contributed by atoms with Gasteiger partial charge in [-0.1, -0.05) is 32.0 Å². The van der Waals surface area contributed by atoms with Crippen LogP contribution in [0.2, 0.25) is 0 Å². The molecule has 0 saturated carbocycles. The summed E-state index contributed by atoms with van der Waals surface area (Å²) in [5.74, 6) is -0.504. The van der Waals surface area contributed by atoms with E-state index in [1.54, 1.807) is 6.07 Å². The third kappa shape index (κ3) is 2.79. The summed E-state index contributed by atoms with van der Waals surface area (Å²) in [6.07, 6.45) is 3.15. The Balaban J connectivity index is 2.35. The fourth-order valence-corrected chi connectivity index (χ4v) is 2.15. The zero-order valence-electron chi connectivity index (χ0n) is 11.7. The number of amides is 1. The van der Waals surface area contributed by atoms with E-state index in [-0.39, 0.29) is 11.4 Å². The average molecular weight is 270 g/mol. The number of benzene rings is 1. The Morgan fingerprint density at radius 1 is 1.15 bits per heavy atom. The van der Waals surface area contributed by atoms with Crippen LogP contribution in [-0.4, -0.2) is 16.0 Å². The van der Waals surface area contributed by atoms with Crippen LogP contribution >= 0.6 is 0 Å². The first kappa shape index (κ1) is 14.1. The topological polar surface area (TPSA) is 62.2 Å². The van der Waals surface area contributed by atoms with Crippen molar-refractivity contribution in [2.24, 2.45) is 0 Å². The molecular formula is C16H18N2O2. The maximum Gasteiger partial charge on any atom is 0.278 e. The molecule has 0 atom stereocenters. The van der Waals surface area contributed by atoms with Crippen molar-refractivity contribution in [2.75, 3.05) is 5.32 Å². The van der Waals surface area contributed by atoms with E-state index in [1.807, 2.05) is 32.0 Å². The van der Waals surface area contributed by atoms with Gasteiger partial charge in [-0.05, 0) is 36.1 Å². The molecule has 0 bridgehead atoms. The highest BCUT2D eigenvalue weighted by atomic mass is 16.3. The lowest BCUT2D eigenvalue weighted by Gasteiger charge is -2.14. The number of para-hydroxylation sites is 1. The molecule has 2 rings (SSSR count). The second kappa shape index (κ2) is 6.19. The van der Waals surface area contributed by atoms with Gasteiger partial charge in [-0.2, -0.15) is 0 Å². The number of aromatic nitrogens is 1. The molecule has 4 nitrogen and oxygen atoms in total. The first-order valence-electron chi connectivity index (χ1n) is 6.73. The van der Waals surface area contributed by atoms with Crippen LogP contribution in [0.5, 0.6) is 5.75 Å². The molecule has 0 radical (unpaired) electrons. The Kier molecular flexibility index (Phi) is 4.35. The van der Waals surface area contributed by atoms with Crippen LogP contribution in [0, 0.1) is 0 Å². The van der Waals surface area contributed by atoms with Gasteiger partial charge in [-0.25, -0.2) is 4.98 Å². The van der Waals surface area contributed by atoms with Gasteiger partial charge in [0.1, 0.15) is 5.75 Å². The van der Waals surface area contributed by atoms with Gasteiger partial charge in [0.15, 0.2) is 5.69 Å². The Morgan fingerprint density at radius 2 is 1.80 bits per heavy atom. The van der Waals surface area contributed by atoms with Crippen LogP contribution in [0.1, 0.15) is 35.5 Å². The first-order valence-corrected chi connectivity index (χ1v) is 6.73. The summed E-state index contributed by atoms with van der Waals surface area (Å²) < 4.78 is 0. The molecule has 2 aromatic rings. The van der Waals surface area contributed by atoms with Crippen molar-refractivity contribution < 1.29 is 9.90 Å². The second-order valence-electron chi connectivity index (χ2n) is 4.48. The molecule has 1 aromatic heterocycles. The van der Waals surface area contributed by atoms with E-state index in [9.17, 15) is 9.90 Å². The number of carbonyl (C=O) groups excluding carboxylic acids is 1. The smallest absolute Gasteiger partial charge is 0.278 e. The van der Waals surface area contributed by atoms with Crippen molar-refractivity contribution >= 4 is 11.6 Å². The number of aromatic hydroxyl groups is 1. The fraction of sp³-hybridized carbons (Fsp3) is 0.250. The van der Waals surface area contributed by atoms with Gasteiger partial charge in [0.05, 0.1) is 0 Å². The van der Waals surface area contributed by atoms with E-state index in [0.717, 1.165) is 29.7 Å². The fourth-order valence-electron chi connectivity index (χ4n) is 2.15. The van der Waals surface area contributed by atoms with E-state index >= 15 is 0 Å². The third-order valence-electron chi connectivity index (χ3n) is 3.24. The van der Waals surface area contributed by atoms with Crippen LogP contribution in [0.4, 0.5) is 5.69 Å². The van der Waals surface area contributed by atoms with Gasteiger partial charge in [-0.15, -0.1) is 0 Å². The minimum Gasteiger partial charge on any atom is -0.505 e. The van der Waals surface area contributed by atoms with Crippen molar-refractivity contribution in [2.45, 2.75) is 26.7 Å². The van der Waals surface area contributed by atoms with Crippen molar-refractivity contribution in [1.29, 1.82) is 0 Å². The molecular weight excluding hydrogens is 252 g/mol. The molecule has 0 saturated heterocycles. The van der Waals surface area contributed by atoms with E-state index < -0.39 is 5.91 Å².